The minimum absolute atomic E-state index is 0.149. The molecule has 4 rings (SSSR count). The van der Waals surface area contributed by atoms with Crippen LogP contribution in [-0.2, 0) is 28.9 Å². The third-order valence-corrected chi connectivity index (χ3v) is 5.63. The molecule has 0 unspecified atom stereocenters. The van der Waals surface area contributed by atoms with Crippen LogP contribution < -0.4 is 5.32 Å². The molecule has 0 fully saturated rings. The minimum Gasteiger partial charge on any atom is -0.452 e. The van der Waals surface area contributed by atoms with E-state index in [4.69, 9.17) is 4.74 Å². The van der Waals surface area contributed by atoms with E-state index in [9.17, 15) is 9.59 Å². The summed E-state index contributed by atoms with van der Waals surface area (Å²) in [6.45, 7) is 4.28. The van der Waals surface area contributed by atoms with Crippen LogP contribution in [0, 0.1) is 0 Å². The first-order valence-corrected chi connectivity index (χ1v) is 10.5. The van der Waals surface area contributed by atoms with Crippen molar-refractivity contribution in [3.05, 3.63) is 58.7 Å². The number of fused-ring (bicyclic) bond motifs is 2. The fourth-order valence-electron chi connectivity index (χ4n) is 3.94. The number of amides is 1. The number of carbonyl (C=O) groups excluding carboxylic acids is 2. The second-order valence-electron chi connectivity index (χ2n) is 7.71. The number of carbonyl (C=O) groups is 2. The van der Waals surface area contributed by atoms with Crippen LogP contribution in [-0.4, -0.2) is 33.5 Å². The molecule has 1 heterocycles. The van der Waals surface area contributed by atoms with Crippen LogP contribution in [0.4, 0.5) is 0 Å². The lowest BCUT2D eigenvalue weighted by atomic mass is 9.89. The summed E-state index contributed by atoms with van der Waals surface area (Å²) in [7, 11) is 0. The van der Waals surface area contributed by atoms with Crippen LogP contribution in [0.15, 0.2) is 36.4 Å². The number of rotatable bonds is 6. The zero-order valence-electron chi connectivity index (χ0n) is 17.4. The highest BCUT2D eigenvalue weighted by Crippen LogP contribution is 2.24. The van der Waals surface area contributed by atoms with Gasteiger partial charge in [-0.05, 0) is 74.4 Å². The Hall–Kier alpha value is -3.22. The van der Waals surface area contributed by atoms with Gasteiger partial charge in [-0.15, -0.1) is 5.10 Å². The van der Waals surface area contributed by atoms with Gasteiger partial charge in [0.2, 0.25) is 0 Å². The average Bonchev–Trinajstić information content (AvgIpc) is 3.19. The predicted molar refractivity (Wildman–Crippen MR) is 113 cm³/mol. The van der Waals surface area contributed by atoms with Gasteiger partial charge in [0.05, 0.1) is 17.1 Å². The molecule has 1 aromatic heterocycles. The highest BCUT2D eigenvalue weighted by atomic mass is 16.5. The van der Waals surface area contributed by atoms with Gasteiger partial charge in [-0.25, -0.2) is 9.48 Å². The number of esters is 1. The molecule has 1 aliphatic rings. The summed E-state index contributed by atoms with van der Waals surface area (Å²) in [6, 6.07) is 11.3. The highest BCUT2D eigenvalue weighted by Gasteiger charge is 2.16. The van der Waals surface area contributed by atoms with Crippen molar-refractivity contribution in [2.75, 3.05) is 6.61 Å². The topological polar surface area (TPSA) is 86.1 Å². The lowest BCUT2D eigenvalue weighted by molar-refractivity contribution is -0.124. The molecule has 0 saturated heterocycles. The van der Waals surface area contributed by atoms with Crippen molar-refractivity contribution in [2.45, 2.75) is 52.1 Å². The van der Waals surface area contributed by atoms with Crippen molar-refractivity contribution >= 4 is 22.9 Å². The van der Waals surface area contributed by atoms with E-state index in [1.165, 1.54) is 24.0 Å². The van der Waals surface area contributed by atoms with Crippen molar-refractivity contribution in [1.82, 2.24) is 20.3 Å². The Morgan fingerprint density at radius 3 is 2.73 bits per heavy atom. The lowest BCUT2D eigenvalue weighted by Gasteiger charge is -2.20. The largest absolute Gasteiger partial charge is 0.452 e. The molecule has 0 bridgehead atoms. The molecule has 7 heteroatoms. The zero-order valence-corrected chi connectivity index (χ0v) is 17.4. The van der Waals surface area contributed by atoms with Crippen molar-refractivity contribution < 1.29 is 14.3 Å². The summed E-state index contributed by atoms with van der Waals surface area (Å²) in [6.07, 6.45) is 4.69. The number of aromatic nitrogens is 3. The number of nitrogens with zero attached hydrogens (tertiary/aromatic N) is 3. The Bertz CT molecular complexity index is 1090. The third kappa shape index (κ3) is 4.20. The molecule has 7 nitrogen and oxygen atoms in total. The molecule has 0 radical (unpaired) electrons. The number of hydrogen-bond donors (Lipinski definition) is 1. The van der Waals surface area contributed by atoms with Crippen LogP contribution in [0.25, 0.3) is 11.0 Å². The summed E-state index contributed by atoms with van der Waals surface area (Å²) in [4.78, 5) is 24.6. The minimum atomic E-state index is -0.556. The molecule has 1 amide bonds. The van der Waals surface area contributed by atoms with E-state index in [0.717, 1.165) is 23.9 Å². The van der Waals surface area contributed by atoms with E-state index in [1.54, 1.807) is 22.9 Å². The van der Waals surface area contributed by atoms with Gasteiger partial charge < -0.3 is 10.1 Å². The van der Waals surface area contributed by atoms with Gasteiger partial charge in [0.25, 0.3) is 5.91 Å². The molecule has 30 heavy (non-hydrogen) atoms. The van der Waals surface area contributed by atoms with Crippen LogP contribution in [0.5, 0.6) is 0 Å². The molecule has 2 aromatic carbocycles. The van der Waals surface area contributed by atoms with E-state index >= 15 is 0 Å². The first-order valence-electron chi connectivity index (χ1n) is 10.5. The molecular weight excluding hydrogens is 380 g/mol. The Morgan fingerprint density at radius 1 is 1.13 bits per heavy atom. The van der Waals surface area contributed by atoms with Gasteiger partial charge in [0, 0.05) is 6.54 Å². The highest BCUT2D eigenvalue weighted by molar-refractivity contribution is 5.94. The predicted octanol–water partition coefficient (Wildman–Crippen LogP) is 3.36. The number of aryl methyl sites for hydroxylation is 3. The molecule has 3 aromatic rings. The standard InChI is InChI=1S/C23H26N4O3/c1-3-27-21-11-10-19(13-20(21)25-26-27)23(29)30-14-22(28)24-15(2)17-9-8-16-6-4-5-7-18(16)12-17/h8-13,15H,3-7,14H2,1-2H3,(H,24,28)/t15-/m1/s1. The molecule has 1 atom stereocenters. The quantitative estimate of drug-likeness (QED) is 0.635. The Labute approximate surface area is 175 Å². The second kappa shape index (κ2) is 8.65. The van der Waals surface area contributed by atoms with Gasteiger partial charge in [-0.1, -0.05) is 23.4 Å². The first kappa shape index (κ1) is 20.1. The Morgan fingerprint density at radius 2 is 1.93 bits per heavy atom. The molecule has 0 spiro atoms. The Kier molecular flexibility index (Phi) is 5.79. The van der Waals surface area contributed by atoms with Gasteiger partial charge in [0.15, 0.2) is 6.61 Å². The van der Waals surface area contributed by atoms with E-state index in [1.807, 2.05) is 13.8 Å². The number of benzene rings is 2. The second-order valence-corrected chi connectivity index (χ2v) is 7.71. The first-order chi connectivity index (χ1) is 14.5. The van der Waals surface area contributed by atoms with Crippen LogP contribution in [0.1, 0.15) is 59.8 Å². The van der Waals surface area contributed by atoms with E-state index in [0.29, 0.717) is 17.6 Å². The van der Waals surface area contributed by atoms with Gasteiger partial charge in [0.1, 0.15) is 5.52 Å². The van der Waals surface area contributed by atoms with E-state index in [2.05, 4.69) is 33.8 Å². The van der Waals surface area contributed by atoms with E-state index < -0.39 is 5.97 Å². The monoisotopic (exact) mass is 406 g/mol. The van der Waals surface area contributed by atoms with Crippen molar-refractivity contribution in [2.24, 2.45) is 0 Å². The van der Waals surface area contributed by atoms with Crippen molar-refractivity contribution in [3.63, 3.8) is 0 Å². The van der Waals surface area contributed by atoms with Crippen molar-refractivity contribution in [3.8, 4) is 0 Å². The SMILES string of the molecule is CCn1nnc2cc(C(=O)OCC(=O)N[C@H](C)c3ccc4c(c3)CCCC4)ccc21. The van der Waals surface area contributed by atoms with Gasteiger partial charge in [-0.2, -0.15) is 0 Å². The smallest absolute Gasteiger partial charge is 0.338 e. The summed E-state index contributed by atoms with van der Waals surface area (Å²) < 4.78 is 6.94. The summed E-state index contributed by atoms with van der Waals surface area (Å²) in [5.41, 5.74) is 5.68. The molecule has 156 valence electrons. The molecule has 1 N–H and O–H groups in total. The number of ether oxygens (including phenoxy) is 1. The lowest BCUT2D eigenvalue weighted by Crippen LogP contribution is -2.31. The fraction of sp³-hybridized carbons (Fsp3) is 0.391. The van der Waals surface area contributed by atoms with Gasteiger partial charge in [-0.3, -0.25) is 4.79 Å². The molecule has 0 saturated carbocycles. The maximum absolute atomic E-state index is 12.3. The zero-order chi connectivity index (χ0) is 21.1. The van der Waals surface area contributed by atoms with Crippen LogP contribution >= 0.6 is 0 Å². The fourth-order valence-corrected chi connectivity index (χ4v) is 3.94. The maximum Gasteiger partial charge on any atom is 0.338 e. The van der Waals surface area contributed by atoms with E-state index in [-0.39, 0.29) is 18.6 Å². The Balaban J connectivity index is 1.33. The van der Waals surface area contributed by atoms with Crippen LogP contribution in [0.3, 0.4) is 0 Å². The average molecular weight is 406 g/mol. The van der Waals surface area contributed by atoms with Gasteiger partial charge >= 0.3 is 5.97 Å². The third-order valence-electron chi connectivity index (χ3n) is 5.63. The van der Waals surface area contributed by atoms with Crippen molar-refractivity contribution in [1.29, 1.82) is 0 Å². The van der Waals surface area contributed by atoms with Crippen LogP contribution in [0.2, 0.25) is 0 Å². The molecule has 0 aliphatic heterocycles. The summed E-state index contributed by atoms with van der Waals surface area (Å²) in [5.74, 6) is -0.883. The normalized spacial score (nSPS) is 14.2. The number of hydrogen-bond acceptors (Lipinski definition) is 5. The number of nitrogens with one attached hydrogen (secondary N) is 1. The maximum atomic E-state index is 12.3. The summed E-state index contributed by atoms with van der Waals surface area (Å²) in [5, 5.41) is 11.0. The molecule has 1 aliphatic carbocycles. The summed E-state index contributed by atoms with van der Waals surface area (Å²) >= 11 is 0. The molecular formula is C23H26N4O3.